The lowest BCUT2D eigenvalue weighted by Gasteiger charge is -2.28. The van der Waals surface area contributed by atoms with Gasteiger partial charge in [-0.3, -0.25) is 9.59 Å². The minimum atomic E-state index is -0.877. The lowest BCUT2D eigenvalue weighted by atomic mass is 9.89. The molecule has 0 bridgehead atoms. The number of nitrogens with one attached hydrogen (secondary N) is 2. The summed E-state index contributed by atoms with van der Waals surface area (Å²) < 4.78 is 33.2. The molecule has 62 heavy (non-hydrogen) atoms. The molecule has 0 spiro atoms. The molecule has 324 valence electrons. The SMILES string of the molecule is COC(=O)[C@H]1C[C@@H](NC(=O)N[C@@H]2C[C@H](C(=O)OC)[C@@H](COC(=O)c3ccccc3)[C@@H]2COC(=O)c2ccccc2)[C@@H](COC(=O)c2ccccc2)[C@@H]1COC(=O)c1ccccc1. The molecule has 0 saturated heterocycles. The molecule has 0 aliphatic heterocycles. The summed E-state index contributed by atoms with van der Waals surface area (Å²) in [6, 6.07) is 30.8. The standard InChI is InChI=1S/C47H48N2O13/c1-57-45(54)33-23-39(37(27-61-43(52)31-19-11-5-12-20-31)35(33)25-59-41(50)29-15-7-3-8-16-29)48-47(56)49-40-24-34(46(55)58-2)36(26-60-42(51)30-17-9-4-10-18-30)38(40)28-62-44(53)32-21-13-6-14-22-32/h3-22,33-40H,23-28H2,1-2H3,(H2,48,49,56)/t33-,34-,35+,36+,37-,38-,39+,40+/m0/s1. The van der Waals surface area contributed by atoms with Gasteiger partial charge in [-0.2, -0.15) is 0 Å². The zero-order valence-electron chi connectivity index (χ0n) is 34.2. The van der Waals surface area contributed by atoms with Crippen molar-refractivity contribution >= 4 is 41.8 Å². The van der Waals surface area contributed by atoms with E-state index in [1.165, 1.54) is 14.2 Å². The Kier molecular flexibility index (Phi) is 15.4. The minimum Gasteiger partial charge on any atom is -0.469 e. The van der Waals surface area contributed by atoms with Crippen molar-refractivity contribution in [2.45, 2.75) is 24.9 Å². The van der Waals surface area contributed by atoms with Gasteiger partial charge in [-0.15, -0.1) is 0 Å². The van der Waals surface area contributed by atoms with Crippen LogP contribution in [0.25, 0.3) is 0 Å². The van der Waals surface area contributed by atoms with Gasteiger partial charge >= 0.3 is 41.8 Å². The highest BCUT2D eigenvalue weighted by molar-refractivity contribution is 5.91. The first-order valence-corrected chi connectivity index (χ1v) is 20.2. The molecule has 4 aromatic carbocycles. The van der Waals surface area contributed by atoms with Crippen molar-refractivity contribution in [3.8, 4) is 0 Å². The Morgan fingerprint density at radius 2 is 0.677 bits per heavy atom. The smallest absolute Gasteiger partial charge is 0.338 e. The molecule has 0 unspecified atom stereocenters. The summed E-state index contributed by atoms with van der Waals surface area (Å²) in [5.74, 6) is -8.53. The lowest BCUT2D eigenvalue weighted by molar-refractivity contribution is -0.148. The van der Waals surface area contributed by atoms with E-state index < -0.39 is 89.4 Å². The third-order valence-electron chi connectivity index (χ3n) is 11.5. The van der Waals surface area contributed by atoms with E-state index in [4.69, 9.17) is 28.4 Å². The molecular weight excluding hydrogens is 801 g/mol. The normalized spacial score (nSPS) is 22.6. The fraction of sp³-hybridized carbons (Fsp3) is 0.340. The molecule has 15 heteroatoms. The quantitative estimate of drug-likeness (QED) is 0.109. The van der Waals surface area contributed by atoms with Crippen LogP contribution >= 0.6 is 0 Å². The number of hydrogen-bond donors (Lipinski definition) is 2. The van der Waals surface area contributed by atoms with Gasteiger partial charge in [0.25, 0.3) is 0 Å². The van der Waals surface area contributed by atoms with Crippen LogP contribution in [0.15, 0.2) is 121 Å². The maximum atomic E-state index is 14.1. The lowest BCUT2D eigenvalue weighted by Crippen LogP contribution is -2.50. The van der Waals surface area contributed by atoms with Gasteiger partial charge in [0, 0.05) is 35.8 Å². The Hall–Kier alpha value is -7.03. The van der Waals surface area contributed by atoms with Gasteiger partial charge in [0.1, 0.15) is 0 Å². The van der Waals surface area contributed by atoms with E-state index in [0.717, 1.165) is 0 Å². The van der Waals surface area contributed by atoms with Gasteiger partial charge < -0.3 is 39.1 Å². The molecule has 2 saturated carbocycles. The molecule has 0 radical (unpaired) electrons. The van der Waals surface area contributed by atoms with E-state index in [2.05, 4.69) is 10.6 Å². The van der Waals surface area contributed by atoms with Crippen LogP contribution in [-0.2, 0) is 38.0 Å². The minimum absolute atomic E-state index is 0.0346. The zero-order chi connectivity index (χ0) is 44.0. The van der Waals surface area contributed by atoms with Gasteiger partial charge in [0.05, 0.1) is 74.7 Å². The highest BCUT2D eigenvalue weighted by atomic mass is 16.6. The third kappa shape index (κ3) is 11.2. The van der Waals surface area contributed by atoms with Crippen molar-refractivity contribution in [2.24, 2.45) is 35.5 Å². The van der Waals surface area contributed by atoms with Crippen LogP contribution < -0.4 is 10.6 Å². The summed E-state index contributed by atoms with van der Waals surface area (Å²) in [7, 11) is 2.45. The van der Waals surface area contributed by atoms with E-state index in [9.17, 15) is 33.6 Å². The van der Waals surface area contributed by atoms with Crippen LogP contribution in [0, 0.1) is 35.5 Å². The number of rotatable bonds is 16. The number of benzene rings is 4. The van der Waals surface area contributed by atoms with E-state index in [-0.39, 0.29) is 50.4 Å². The molecule has 0 aromatic heterocycles. The van der Waals surface area contributed by atoms with E-state index in [1.807, 2.05) is 0 Å². The third-order valence-corrected chi connectivity index (χ3v) is 11.5. The summed E-state index contributed by atoms with van der Waals surface area (Å²) in [6.45, 7) is -1.05. The summed E-state index contributed by atoms with van der Waals surface area (Å²) in [4.78, 5) is 93.0. The molecule has 6 rings (SSSR count). The number of carbonyl (C=O) groups excluding carboxylic acids is 7. The number of methoxy groups -OCH3 is 2. The molecule has 8 atom stereocenters. The first kappa shape index (κ1) is 44.5. The second kappa shape index (κ2) is 21.5. The number of ether oxygens (including phenoxy) is 6. The summed E-state index contributed by atoms with van der Waals surface area (Å²) in [6.07, 6.45) is 0.0691. The number of hydrogen-bond acceptors (Lipinski definition) is 13. The number of urea groups is 1. The summed E-state index contributed by atoms with van der Waals surface area (Å²) in [5, 5.41) is 5.87. The monoisotopic (exact) mass is 848 g/mol. The Labute approximate surface area is 358 Å². The zero-order valence-corrected chi connectivity index (χ0v) is 34.2. The maximum Gasteiger partial charge on any atom is 0.338 e. The van der Waals surface area contributed by atoms with Gasteiger partial charge in [-0.25, -0.2) is 24.0 Å². The van der Waals surface area contributed by atoms with Crippen molar-refractivity contribution < 1.29 is 62.0 Å². The molecule has 2 aliphatic carbocycles. The van der Waals surface area contributed by atoms with Crippen molar-refractivity contribution in [1.82, 2.24) is 10.6 Å². The largest absolute Gasteiger partial charge is 0.469 e. The highest BCUT2D eigenvalue weighted by Crippen LogP contribution is 2.41. The Morgan fingerprint density at radius 1 is 0.419 bits per heavy atom. The van der Waals surface area contributed by atoms with Crippen molar-refractivity contribution in [3.63, 3.8) is 0 Å². The van der Waals surface area contributed by atoms with Gasteiger partial charge in [-0.05, 0) is 61.4 Å². The predicted molar refractivity (Wildman–Crippen MR) is 220 cm³/mol. The van der Waals surface area contributed by atoms with Gasteiger partial charge in [0.15, 0.2) is 0 Å². The topological polar surface area (TPSA) is 199 Å². The van der Waals surface area contributed by atoms with Gasteiger partial charge in [-0.1, -0.05) is 72.8 Å². The number of esters is 6. The average Bonchev–Trinajstić information content (AvgIpc) is 3.84. The van der Waals surface area contributed by atoms with E-state index in [0.29, 0.717) is 11.1 Å². The molecule has 15 nitrogen and oxygen atoms in total. The Morgan fingerprint density at radius 3 is 0.935 bits per heavy atom. The number of amides is 2. The molecule has 2 fully saturated rings. The molecule has 2 N–H and O–H groups in total. The molecule has 2 amide bonds. The van der Waals surface area contributed by atoms with Crippen molar-refractivity contribution in [3.05, 3.63) is 144 Å². The molecule has 4 aromatic rings. The second-order valence-corrected chi connectivity index (χ2v) is 15.1. The first-order valence-electron chi connectivity index (χ1n) is 20.2. The Bertz CT molecular complexity index is 2020. The van der Waals surface area contributed by atoms with Crippen LogP contribution in [0.4, 0.5) is 4.79 Å². The molecular formula is C47H48N2O13. The van der Waals surface area contributed by atoms with E-state index >= 15 is 0 Å². The Balaban J connectivity index is 1.23. The highest BCUT2D eigenvalue weighted by Gasteiger charge is 2.51. The summed E-state index contributed by atoms with van der Waals surface area (Å²) in [5.41, 5.74) is 1.16. The first-order chi connectivity index (χ1) is 30.1. The van der Waals surface area contributed by atoms with Crippen molar-refractivity contribution in [1.29, 1.82) is 0 Å². The van der Waals surface area contributed by atoms with Gasteiger partial charge in [0.2, 0.25) is 0 Å². The average molecular weight is 849 g/mol. The van der Waals surface area contributed by atoms with Crippen LogP contribution in [-0.4, -0.2) is 94.6 Å². The van der Waals surface area contributed by atoms with Crippen LogP contribution in [0.3, 0.4) is 0 Å². The fourth-order valence-electron chi connectivity index (χ4n) is 8.27. The second-order valence-electron chi connectivity index (χ2n) is 15.1. The molecule has 2 aliphatic rings. The maximum absolute atomic E-state index is 14.1. The predicted octanol–water partition coefficient (Wildman–Crippen LogP) is 5.30. The van der Waals surface area contributed by atoms with Crippen molar-refractivity contribution in [2.75, 3.05) is 40.6 Å². The van der Waals surface area contributed by atoms with Crippen LogP contribution in [0.5, 0.6) is 0 Å². The summed E-state index contributed by atoms with van der Waals surface area (Å²) >= 11 is 0. The fourth-order valence-corrected chi connectivity index (χ4v) is 8.27. The number of carbonyl (C=O) groups is 7. The van der Waals surface area contributed by atoms with Crippen LogP contribution in [0.2, 0.25) is 0 Å². The molecule has 0 heterocycles. The van der Waals surface area contributed by atoms with Crippen LogP contribution in [0.1, 0.15) is 54.3 Å². The van der Waals surface area contributed by atoms with E-state index in [1.54, 1.807) is 121 Å².